The summed E-state index contributed by atoms with van der Waals surface area (Å²) in [4.78, 5) is 10.6. The highest BCUT2D eigenvalue weighted by molar-refractivity contribution is 5.79. The molecule has 0 radical (unpaired) electrons. The van der Waals surface area contributed by atoms with Crippen LogP contribution < -0.4 is 16.8 Å². The van der Waals surface area contributed by atoms with E-state index in [1.54, 1.807) is 14.2 Å². The monoisotopic (exact) mass is 205 g/mol. The molecule has 0 aromatic rings. The Kier molecular flexibility index (Phi) is 7.31. The molecule has 2 atom stereocenters. The summed E-state index contributed by atoms with van der Waals surface area (Å²) in [6.45, 7) is 1.42. The van der Waals surface area contributed by atoms with E-state index in [0.29, 0.717) is 19.7 Å². The van der Waals surface area contributed by atoms with Gasteiger partial charge in [0.2, 0.25) is 5.91 Å². The molecule has 84 valence electrons. The number of nitrogens with one attached hydrogen (secondary N) is 1. The number of carbonyl (C=O) groups is 1. The van der Waals surface area contributed by atoms with E-state index in [9.17, 15) is 4.79 Å². The quantitative estimate of drug-likeness (QED) is 0.427. The van der Waals surface area contributed by atoms with Gasteiger partial charge in [-0.15, -0.1) is 0 Å². The van der Waals surface area contributed by atoms with Crippen molar-refractivity contribution in [1.29, 1.82) is 0 Å². The summed E-state index contributed by atoms with van der Waals surface area (Å²) in [5.74, 6) is -0.516. The normalized spacial score (nSPS) is 15.1. The van der Waals surface area contributed by atoms with Gasteiger partial charge in [-0.3, -0.25) is 4.79 Å². The number of nitrogens with two attached hydrogens (primary N) is 2. The molecular weight excluding hydrogens is 186 g/mol. The minimum atomic E-state index is -0.657. The fourth-order valence-corrected chi connectivity index (χ4v) is 0.897. The van der Waals surface area contributed by atoms with Crippen LogP contribution in [0.2, 0.25) is 0 Å². The predicted octanol–water partition coefficient (Wildman–Crippen LogP) is -1.95. The molecule has 0 spiro atoms. The summed E-state index contributed by atoms with van der Waals surface area (Å²) in [6, 6.07) is -0.657. The van der Waals surface area contributed by atoms with Crippen LogP contribution in [0.3, 0.4) is 0 Å². The summed E-state index contributed by atoms with van der Waals surface area (Å²) < 4.78 is 10.0. The topological polar surface area (TPSA) is 99.6 Å². The molecule has 0 aromatic carbocycles. The molecule has 5 N–H and O–H groups in total. The molecule has 6 nitrogen and oxygen atoms in total. The maximum atomic E-state index is 10.6. The van der Waals surface area contributed by atoms with Crippen LogP contribution in [-0.4, -0.2) is 52.0 Å². The summed E-state index contributed by atoms with van der Waals surface area (Å²) in [5, 5.41) is 2.97. The first-order chi connectivity index (χ1) is 6.61. The van der Waals surface area contributed by atoms with E-state index in [0.717, 1.165) is 0 Å². The molecule has 0 bridgehead atoms. The van der Waals surface area contributed by atoms with E-state index in [1.165, 1.54) is 0 Å². The lowest BCUT2D eigenvalue weighted by Gasteiger charge is -2.16. The van der Waals surface area contributed by atoms with E-state index in [1.807, 2.05) is 0 Å². The van der Waals surface area contributed by atoms with E-state index >= 15 is 0 Å². The molecule has 0 rings (SSSR count). The average molecular weight is 205 g/mol. The van der Waals surface area contributed by atoms with Gasteiger partial charge in [-0.1, -0.05) is 0 Å². The lowest BCUT2D eigenvalue weighted by atomic mass is 10.3. The van der Waals surface area contributed by atoms with Crippen molar-refractivity contribution in [2.75, 3.05) is 33.9 Å². The van der Waals surface area contributed by atoms with Crippen molar-refractivity contribution in [1.82, 2.24) is 5.32 Å². The fourth-order valence-electron chi connectivity index (χ4n) is 0.897. The average Bonchev–Trinajstić information content (AvgIpc) is 2.16. The molecule has 0 aliphatic carbocycles. The number of amides is 1. The first-order valence-electron chi connectivity index (χ1n) is 4.39. The van der Waals surface area contributed by atoms with Crippen LogP contribution in [0.25, 0.3) is 0 Å². The van der Waals surface area contributed by atoms with Gasteiger partial charge in [-0.25, -0.2) is 0 Å². The largest absolute Gasteiger partial charge is 0.382 e. The molecule has 0 fully saturated rings. The van der Waals surface area contributed by atoms with Gasteiger partial charge in [0.05, 0.1) is 18.8 Å². The van der Waals surface area contributed by atoms with Crippen molar-refractivity contribution in [3.05, 3.63) is 0 Å². The Morgan fingerprint density at radius 3 is 2.50 bits per heavy atom. The Bertz CT molecular complexity index is 166. The Labute approximate surface area is 83.9 Å². The number of carbonyl (C=O) groups excluding carboxylic acids is 1. The SMILES string of the molecule is COCC(CNCC(N)C(N)=O)OC. The summed E-state index contributed by atoms with van der Waals surface area (Å²) >= 11 is 0. The maximum Gasteiger partial charge on any atom is 0.235 e. The zero-order valence-electron chi connectivity index (χ0n) is 8.66. The third-order valence-electron chi connectivity index (χ3n) is 1.79. The molecule has 0 aromatic heterocycles. The highest BCUT2D eigenvalue weighted by Crippen LogP contribution is 1.88. The number of ether oxygens (including phenoxy) is 2. The molecule has 1 amide bonds. The first kappa shape index (κ1) is 13.3. The molecule has 0 saturated carbocycles. The molecule has 14 heavy (non-hydrogen) atoms. The lowest BCUT2D eigenvalue weighted by Crippen LogP contribution is -2.46. The second kappa shape index (κ2) is 7.69. The van der Waals surface area contributed by atoms with Gasteiger partial charge < -0.3 is 26.3 Å². The number of rotatable bonds is 8. The summed E-state index contributed by atoms with van der Waals surface area (Å²) in [7, 11) is 3.19. The van der Waals surface area contributed by atoms with Gasteiger partial charge in [0.25, 0.3) is 0 Å². The van der Waals surface area contributed by atoms with Crippen LogP contribution in [0.15, 0.2) is 0 Å². The minimum Gasteiger partial charge on any atom is -0.382 e. The summed E-state index contributed by atoms with van der Waals surface area (Å²) in [5.41, 5.74) is 10.4. The summed E-state index contributed by atoms with van der Waals surface area (Å²) in [6.07, 6.45) is -0.0416. The van der Waals surface area contributed by atoms with Crippen molar-refractivity contribution in [3.63, 3.8) is 0 Å². The number of primary amides is 1. The van der Waals surface area contributed by atoms with E-state index in [4.69, 9.17) is 20.9 Å². The van der Waals surface area contributed by atoms with Crippen LogP contribution in [0.1, 0.15) is 0 Å². The maximum absolute atomic E-state index is 10.6. The second-order valence-electron chi connectivity index (χ2n) is 2.98. The zero-order valence-corrected chi connectivity index (χ0v) is 8.66. The van der Waals surface area contributed by atoms with Crippen molar-refractivity contribution in [3.8, 4) is 0 Å². The highest BCUT2D eigenvalue weighted by atomic mass is 16.5. The van der Waals surface area contributed by atoms with Crippen LogP contribution in [0.4, 0.5) is 0 Å². The van der Waals surface area contributed by atoms with Gasteiger partial charge >= 0.3 is 0 Å². The van der Waals surface area contributed by atoms with Crippen molar-refractivity contribution >= 4 is 5.91 Å². The second-order valence-corrected chi connectivity index (χ2v) is 2.98. The van der Waals surface area contributed by atoms with E-state index < -0.39 is 11.9 Å². The molecule has 2 unspecified atom stereocenters. The highest BCUT2D eigenvalue weighted by Gasteiger charge is 2.10. The Hall–Kier alpha value is -0.690. The van der Waals surface area contributed by atoms with Crippen LogP contribution in [0.5, 0.6) is 0 Å². The third kappa shape index (κ3) is 5.87. The molecule has 6 heteroatoms. The number of methoxy groups -OCH3 is 2. The molecule has 0 aliphatic heterocycles. The lowest BCUT2D eigenvalue weighted by molar-refractivity contribution is -0.119. The molecule has 0 heterocycles. The molecule has 0 saturated heterocycles. The Balaban J connectivity index is 3.55. The third-order valence-corrected chi connectivity index (χ3v) is 1.79. The smallest absolute Gasteiger partial charge is 0.235 e. The van der Waals surface area contributed by atoms with Crippen LogP contribution >= 0.6 is 0 Å². The van der Waals surface area contributed by atoms with Gasteiger partial charge in [0.1, 0.15) is 0 Å². The number of hydrogen-bond donors (Lipinski definition) is 3. The van der Waals surface area contributed by atoms with E-state index in [-0.39, 0.29) is 6.10 Å². The van der Waals surface area contributed by atoms with Crippen LogP contribution in [0, 0.1) is 0 Å². The van der Waals surface area contributed by atoms with Crippen LogP contribution in [-0.2, 0) is 14.3 Å². The Morgan fingerprint density at radius 1 is 1.43 bits per heavy atom. The van der Waals surface area contributed by atoms with Gasteiger partial charge in [-0.2, -0.15) is 0 Å². The van der Waals surface area contributed by atoms with Gasteiger partial charge in [-0.05, 0) is 0 Å². The fraction of sp³-hybridized carbons (Fsp3) is 0.875. The van der Waals surface area contributed by atoms with Crippen molar-refractivity contribution in [2.24, 2.45) is 11.5 Å². The standard InChI is InChI=1S/C8H19N3O3/c1-13-5-6(14-2)3-11-4-7(9)8(10)12/h6-7,11H,3-5,9H2,1-2H3,(H2,10,12). The molecule has 0 aliphatic rings. The molecular formula is C8H19N3O3. The predicted molar refractivity (Wildman–Crippen MR) is 52.7 cm³/mol. The first-order valence-corrected chi connectivity index (χ1v) is 4.39. The number of hydrogen-bond acceptors (Lipinski definition) is 5. The van der Waals surface area contributed by atoms with E-state index in [2.05, 4.69) is 5.32 Å². The zero-order chi connectivity index (χ0) is 11.0. The van der Waals surface area contributed by atoms with Gasteiger partial charge in [0.15, 0.2) is 0 Å². The van der Waals surface area contributed by atoms with Crippen molar-refractivity contribution < 1.29 is 14.3 Å². The van der Waals surface area contributed by atoms with Gasteiger partial charge in [0, 0.05) is 27.3 Å². The minimum absolute atomic E-state index is 0.0416. The Morgan fingerprint density at radius 2 is 2.07 bits per heavy atom. The van der Waals surface area contributed by atoms with Crippen molar-refractivity contribution in [2.45, 2.75) is 12.1 Å².